The van der Waals surface area contributed by atoms with E-state index in [-0.39, 0.29) is 30.2 Å². The van der Waals surface area contributed by atoms with Crippen molar-refractivity contribution < 1.29 is 14.7 Å². The number of carbonyl (C=O) groups is 2. The van der Waals surface area contributed by atoms with E-state index in [1.165, 1.54) is 0 Å². The molecule has 0 bridgehead atoms. The van der Waals surface area contributed by atoms with Gasteiger partial charge in [-0.2, -0.15) is 0 Å². The first-order valence-corrected chi connectivity index (χ1v) is 13.2. The van der Waals surface area contributed by atoms with Crippen molar-refractivity contribution in [1.29, 1.82) is 0 Å². The number of fused-ring (bicyclic) bond motifs is 1. The zero-order chi connectivity index (χ0) is 25.9. The zero-order valence-electron chi connectivity index (χ0n) is 21.2. The van der Waals surface area contributed by atoms with Gasteiger partial charge in [0.2, 0.25) is 5.91 Å². The molecule has 2 heterocycles. The van der Waals surface area contributed by atoms with Gasteiger partial charge in [-0.15, -0.1) is 0 Å². The van der Waals surface area contributed by atoms with Crippen molar-refractivity contribution in [1.82, 2.24) is 24.7 Å². The molecule has 9 heteroatoms. The van der Waals surface area contributed by atoms with Crippen LogP contribution in [0.1, 0.15) is 50.3 Å². The minimum absolute atomic E-state index is 0.0141. The third-order valence-electron chi connectivity index (χ3n) is 7.52. The summed E-state index contributed by atoms with van der Waals surface area (Å²) < 4.78 is 1.80. The van der Waals surface area contributed by atoms with Crippen LogP contribution in [0.15, 0.2) is 59.4 Å². The van der Waals surface area contributed by atoms with Gasteiger partial charge in [0.15, 0.2) is 0 Å². The first-order chi connectivity index (χ1) is 17.9. The highest BCUT2D eigenvalue weighted by Crippen LogP contribution is 2.31. The summed E-state index contributed by atoms with van der Waals surface area (Å²) in [7, 11) is 0. The maximum atomic E-state index is 13.3. The van der Waals surface area contributed by atoms with E-state index >= 15 is 0 Å². The summed E-state index contributed by atoms with van der Waals surface area (Å²) in [6.45, 7) is 3.50. The molecule has 1 saturated heterocycles. The molecule has 2 atom stereocenters. The minimum atomic E-state index is -0.779. The topological polar surface area (TPSA) is 111 Å². The largest absolute Gasteiger partial charge is 0.387 e. The third kappa shape index (κ3) is 5.72. The Labute approximate surface area is 216 Å². The summed E-state index contributed by atoms with van der Waals surface area (Å²) in [6.07, 6.45) is 2.71. The van der Waals surface area contributed by atoms with E-state index in [0.717, 1.165) is 29.4 Å². The van der Waals surface area contributed by atoms with Crippen LogP contribution in [-0.2, 0) is 4.79 Å². The van der Waals surface area contributed by atoms with E-state index in [0.29, 0.717) is 38.4 Å². The number of aliphatic hydroxyl groups is 1. The summed E-state index contributed by atoms with van der Waals surface area (Å²) in [5, 5.41) is 13.6. The predicted molar refractivity (Wildman–Crippen MR) is 141 cm³/mol. The Morgan fingerprint density at radius 1 is 1.05 bits per heavy atom. The fourth-order valence-corrected chi connectivity index (χ4v) is 5.23. The van der Waals surface area contributed by atoms with Gasteiger partial charge in [-0.05, 0) is 56.2 Å². The number of aliphatic hydroxyl groups excluding tert-OH is 1. The quantitative estimate of drug-likeness (QED) is 0.437. The van der Waals surface area contributed by atoms with Crippen molar-refractivity contribution in [2.24, 2.45) is 5.92 Å². The van der Waals surface area contributed by atoms with Crippen LogP contribution >= 0.6 is 0 Å². The lowest BCUT2D eigenvalue weighted by Gasteiger charge is -2.34. The average molecular weight is 506 g/mol. The van der Waals surface area contributed by atoms with Gasteiger partial charge in [0.1, 0.15) is 6.04 Å². The number of carbonyl (C=O) groups excluding carboxylic acids is 2. The highest BCUT2D eigenvalue weighted by atomic mass is 16.3. The maximum absolute atomic E-state index is 13.3. The van der Waals surface area contributed by atoms with E-state index < -0.39 is 12.1 Å². The van der Waals surface area contributed by atoms with Gasteiger partial charge in [0.25, 0.3) is 0 Å². The van der Waals surface area contributed by atoms with Crippen LogP contribution < -0.4 is 11.0 Å². The molecule has 2 aliphatic rings. The number of likely N-dealkylation sites (tertiary alicyclic amines) is 1. The van der Waals surface area contributed by atoms with Crippen LogP contribution in [0, 0.1) is 5.92 Å². The Hall–Kier alpha value is -3.59. The number of hydrogen-bond acceptors (Lipinski definition) is 4. The fourth-order valence-electron chi connectivity index (χ4n) is 5.23. The monoisotopic (exact) mass is 505 g/mol. The first kappa shape index (κ1) is 25.1. The Balaban J connectivity index is 1.17. The number of nitrogens with one attached hydrogen (secondary N) is 2. The summed E-state index contributed by atoms with van der Waals surface area (Å²) in [4.78, 5) is 45.2. The van der Waals surface area contributed by atoms with Crippen molar-refractivity contribution in [2.75, 3.05) is 26.2 Å². The molecule has 9 nitrogen and oxygen atoms in total. The highest BCUT2D eigenvalue weighted by Gasteiger charge is 2.32. The zero-order valence-corrected chi connectivity index (χ0v) is 21.2. The summed E-state index contributed by atoms with van der Waals surface area (Å²) >= 11 is 0. The van der Waals surface area contributed by atoms with Gasteiger partial charge in [0, 0.05) is 25.7 Å². The van der Waals surface area contributed by atoms with Crippen LogP contribution in [0.4, 0.5) is 4.79 Å². The molecule has 3 amide bonds. The van der Waals surface area contributed by atoms with Crippen molar-refractivity contribution in [3.63, 3.8) is 0 Å². The lowest BCUT2D eigenvalue weighted by Crippen LogP contribution is -2.53. The van der Waals surface area contributed by atoms with Crippen molar-refractivity contribution in [2.45, 2.75) is 50.8 Å². The summed E-state index contributed by atoms with van der Waals surface area (Å²) in [5.74, 6) is 0.275. The Kier molecular flexibility index (Phi) is 7.32. The Bertz CT molecular complexity index is 1290. The van der Waals surface area contributed by atoms with Gasteiger partial charge in [-0.3, -0.25) is 9.36 Å². The number of nitrogens with zero attached hydrogens (tertiary/aromatic N) is 3. The molecule has 0 radical (unpaired) electrons. The molecule has 0 unspecified atom stereocenters. The molecular formula is C28H35N5O4. The van der Waals surface area contributed by atoms with Gasteiger partial charge >= 0.3 is 11.7 Å². The first-order valence-electron chi connectivity index (χ1n) is 13.2. The van der Waals surface area contributed by atoms with Gasteiger partial charge < -0.3 is 25.2 Å². The van der Waals surface area contributed by atoms with Gasteiger partial charge in [-0.1, -0.05) is 42.5 Å². The molecule has 3 aromatic rings. The number of aromatic nitrogens is 2. The van der Waals surface area contributed by atoms with Crippen LogP contribution in [-0.4, -0.2) is 68.6 Å². The van der Waals surface area contributed by atoms with E-state index in [9.17, 15) is 19.5 Å². The molecule has 37 heavy (non-hydrogen) atoms. The van der Waals surface area contributed by atoms with E-state index in [2.05, 4.69) is 10.3 Å². The second-order valence-electron chi connectivity index (χ2n) is 10.3. The smallest absolute Gasteiger partial charge is 0.326 e. The molecule has 1 aliphatic heterocycles. The van der Waals surface area contributed by atoms with Gasteiger partial charge in [0.05, 0.1) is 23.7 Å². The average Bonchev–Trinajstić information content (AvgIpc) is 3.67. The van der Waals surface area contributed by atoms with Crippen molar-refractivity contribution >= 4 is 23.0 Å². The molecule has 5 rings (SSSR count). The number of rotatable bonds is 8. The number of para-hydroxylation sites is 2. The van der Waals surface area contributed by atoms with E-state index in [4.69, 9.17) is 0 Å². The van der Waals surface area contributed by atoms with Crippen LogP contribution in [0.3, 0.4) is 0 Å². The Morgan fingerprint density at radius 2 is 1.73 bits per heavy atom. The molecule has 1 saturated carbocycles. The summed E-state index contributed by atoms with van der Waals surface area (Å²) in [5.41, 5.74) is 2.33. The second kappa shape index (κ2) is 10.8. The third-order valence-corrected chi connectivity index (χ3v) is 7.52. The molecule has 0 spiro atoms. The van der Waals surface area contributed by atoms with Crippen LogP contribution in [0.25, 0.3) is 11.0 Å². The number of urea groups is 1. The molecule has 1 aromatic heterocycles. The summed E-state index contributed by atoms with van der Waals surface area (Å²) in [6, 6.07) is 16.0. The SMILES string of the molecule is C[C@@H](NC(=O)N1CCC(n2c(=O)[nH]c3ccccc32)CC1)C(=O)N(CC1CC1)C[C@@H](O)c1ccccc1. The highest BCUT2D eigenvalue weighted by molar-refractivity contribution is 5.87. The number of benzene rings is 2. The second-order valence-corrected chi connectivity index (χ2v) is 10.3. The number of hydrogen-bond donors (Lipinski definition) is 3. The fraction of sp³-hybridized carbons (Fsp3) is 0.464. The van der Waals surface area contributed by atoms with E-state index in [1.54, 1.807) is 21.3 Å². The predicted octanol–water partition coefficient (Wildman–Crippen LogP) is 3.04. The number of imidazole rings is 1. The number of amides is 3. The lowest BCUT2D eigenvalue weighted by molar-refractivity contribution is -0.134. The number of piperidine rings is 1. The minimum Gasteiger partial charge on any atom is -0.387 e. The molecule has 3 N–H and O–H groups in total. The Morgan fingerprint density at radius 3 is 2.43 bits per heavy atom. The molecule has 2 fully saturated rings. The maximum Gasteiger partial charge on any atom is 0.326 e. The number of H-pyrrole nitrogens is 1. The van der Waals surface area contributed by atoms with Crippen LogP contribution in [0.2, 0.25) is 0 Å². The molecule has 2 aromatic carbocycles. The lowest BCUT2D eigenvalue weighted by atomic mass is 10.0. The van der Waals surface area contributed by atoms with Crippen LogP contribution in [0.5, 0.6) is 0 Å². The van der Waals surface area contributed by atoms with Gasteiger partial charge in [-0.25, -0.2) is 9.59 Å². The molecule has 1 aliphatic carbocycles. The van der Waals surface area contributed by atoms with Crippen molar-refractivity contribution in [3.8, 4) is 0 Å². The van der Waals surface area contributed by atoms with Crippen molar-refractivity contribution in [3.05, 3.63) is 70.6 Å². The number of aromatic amines is 1. The molecular weight excluding hydrogens is 470 g/mol. The molecule has 196 valence electrons. The normalized spacial score (nSPS) is 17.9. The van der Waals surface area contributed by atoms with E-state index in [1.807, 2.05) is 54.6 Å². The standard InChI is InChI=1S/C28H35N5O4/c1-19(26(35)32(17-20-11-12-20)18-25(34)21-7-3-2-4-8-21)29-27(36)31-15-13-22(14-16-31)33-24-10-6-5-9-23(24)30-28(33)37/h2-10,19-20,22,25,34H,11-18H2,1H3,(H,29,36)(H,30,37)/t19-,25-/m1/s1.